The molecule has 0 aromatic heterocycles. The average Bonchev–Trinajstić information content (AvgIpc) is 2.11. The minimum absolute atomic E-state index is 0.254. The van der Waals surface area contributed by atoms with E-state index >= 15 is 0 Å². The molecule has 17 heavy (non-hydrogen) atoms. The molecule has 0 saturated carbocycles. The van der Waals surface area contributed by atoms with Gasteiger partial charge in [0.2, 0.25) is 0 Å². The van der Waals surface area contributed by atoms with Crippen LogP contribution in [0.15, 0.2) is 0 Å². The summed E-state index contributed by atoms with van der Waals surface area (Å²) in [6.45, 7) is 10.5. The second kappa shape index (κ2) is 6.79. The van der Waals surface area contributed by atoms with Crippen molar-refractivity contribution in [3.05, 3.63) is 0 Å². The molecule has 0 fully saturated rings. The Morgan fingerprint density at radius 3 is 2.24 bits per heavy atom. The predicted octanol–water partition coefficient (Wildman–Crippen LogP) is 2.66. The molecule has 0 aromatic rings. The third kappa shape index (κ3) is 8.92. The predicted molar refractivity (Wildman–Crippen MR) is 64.8 cm³/mol. The van der Waals surface area contributed by atoms with Gasteiger partial charge in [-0.15, -0.1) is 0 Å². The van der Waals surface area contributed by atoms with Crippen LogP contribution >= 0.6 is 0 Å². The molecule has 0 saturated heterocycles. The Kier molecular flexibility index (Phi) is 6.45. The summed E-state index contributed by atoms with van der Waals surface area (Å²) in [5, 5.41) is 2.57. The zero-order valence-corrected chi connectivity index (χ0v) is 11.5. The number of ether oxygens (including phenoxy) is 2. The van der Waals surface area contributed by atoms with E-state index in [0.717, 1.165) is 0 Å². The largest absolute Gasteiger partial charge is 0.444 e. The number of hydrogen-bond donors (Lipinski definition) is 1. The van der Waals surface area contributed by atoms with Crippen LogP contribution in [0.25, 0.3) is 0 Å². The highest BCUT2D eigenvalue weighted by Gasteiger charge is 2.18. The van der Waals surface area contributed by atoms with E-state index in [-0.39, 0.29) is 6.10 Å². The lowest BCUT2D eigenvalue weighted by Crippen LogP contribution is -2.38. The molecule has 5 heteroatoms. The van der Waals surface area contributed by atoms with Crippen molar-refractivity contribution in [1.82, 2.24) is 5.32 Å². The normalized spacial score (nSPS) is 17.1. The maximum Gasteiger partial charge on any atom is 0.407 e. The Balaban J connectivity index is 3.84. The Morgan fingerprint density at radius 1 is 1.29 bits per heavy atom. The lowest BCUT2D eigenvalue weighted by Gasteiger charge is -2.22. The number of nitrogens with one attached hydrogen (secondary N) is 1. The van der Waals surface area contributed by atoms with Crippen LogP contribution in [0.3, 0.4) is 0 Å². The minimum atomic E-state index is -1.03. The summed E-state index contributed by atoms with van der Waals surface area (Å²) >= 11 is 0. The Morgan fingerprint density at radius 2 is 1.82 bits per heavy atom. The number of carbonyl (C=O) groups is 1. The molecular formula is C12H24FNO3. The van der Waals surface area contributed by atoms with Crippen LogP contribution in [0.5, 0.6) is 0 Å². The van der Waals surface area contributed by atoms with Gasteiger partial charge in [-0.2, -0.15) is 0 Å². The van der Waals surface area contributed by atoms with E-state index in [9.17, 15) is 9.18 Å². The Hall–Kier alpha value is -0.840. The maximum absolute atomic E-state index is 12.8. The van der Waals surface area contributed by atoms with Gasteiger partial charge in [-0.25, -0.2) is 9.18 Å². The summed E-state index contributed by atoms with van der Waals surface area (Å²) in [7, 11) is 0. The Labute approximate surface area is 103 Å². The molecule has 0 aliphatic heterocycles. The van der Waals surface area contributed by atoms with E-state index in [2.05, 4.69) is 5.32 Å². The second-order valence-corrected chi connectivity index (χ2v) is 5.21. The van der Waals surface area contributed by atoms with Gasteiger partial charge in [0, 0.05) is 6.54 Å². The molecule has 0 aromatic carbocycles. The van der Waals surface area contributed by atoms with Crippen LogP contribution in [0.1, 0.15) is 41.5 Å². The number of amides is 1. The molecule has 3 atom stereocenters. The number of hydrogen-bond acceptors (Lipinski definition) is 3. The van der Waals surface area contributed by atoms with E-state index in [0.29, 0.717) is 6.54 Å². The van der Waals surface area contributed by atoms with Gasteiger partial charge in [0.1, 0.15) is 11.8 Å². The van der Waals surface area contributed by atoms with E-state index in [1.165, 1.54) is 6.92 Å². The van der Waals surface area contributed by atoms with E-state index in [1.807, 2.05) is 0 Å². The summed E-state index contributed by atoms with van der Waals surface area (Å²) in [4.78, 5) is 11.3. The number of halogens is 1. The van der Waals surface area contributed by atoms with Crippen LogP contribution in [-0.4, -0.2) is 36.6 Å². The third-order valence-electron chi connectivity index (χ3n) is 2.03. The summed E-state index contributed by atoms with van der Waals surface area (Å²) in [6.07, 6.45) is -2.26. The zero-order chi connectivity index (χ0) is 13.6. The molecule has 1 amide bonds. The fourth-order valence-electron chi connectivity index (χ4n) is 1.06. The first-order chi connectivity index (χ1) is 7.61. The fraction of sp³-hybridized carbons (Fsp3) is 0.917. The van der Waals surface area contributed by atoms with Gasteiger partial charge in [0.15, 0.2) is 0 Å². The topological polar surface area (TPSA) is 47.6 Å². The standard InChI is InChI=1S/C12H24FNO3/c1-8(16-10(3)9(2)13)7-14-11(15)17-12(4,5)6/h8-10H,7H2,1-6H3,(H,14,15)/t8-,9+,10?/m0/s1. The summed E-state index contributed by atoms with van der Waals surface area (Å²) in [6, 6.07) is 0. The van der Waals surface area contributed by atoms with Gasteiger partial charge in [0.05, 0.1) is 12.2 Å². The van der Waals surface area contributed by atoms with Gasteiger partial charge in [-0.3, -0.25) is 0 Å². The van der Waals surface area contributed by atoms with Crippen molar-refractivity contribution >= 4 is 6.09 Å². The van der Waals surface area contributed by atoms with E-state index in [1.54, 1.807) is 34.6 Å². The van der Waals surface area contributed by atoms with Gasteiger partial charge < -0.3 is 14.8 Å². The van der Waals surface area contributed by atoms with Crippen molar-refractivity contribution in [2.75, 3.05) is 6.54 Å². The lowest BCUT2D eigenvalue weighted by atomic mass is 10.2. The quantitative estimate of drug-likeness (QED) is 0.815. The van der Waals surface area contributed by atoms with Gasteiger partial charge in [-0.05, 0) is 41.5 Å². The number of rotatable bonds is 5. The second-order valence-electron chi connectivity index (χ2n) is 5.21. The molecular weight excluding hydrogens is 225 g/mol. The van der Waals surface area contributed by atoms with E-state index in [4.69, 9.17) is 9.47 Å². The van der Waals surface area contributed by atoms with Crippen molar-refractivity contribution in [1.29, 1.82) is 0 Å². The molecule has 0 aliphatic rings. The first-order valence-corrected chi connectivity index (χ1v) is 5.88. The molecule has 0 heterocycles. The van der Waals surface area contributed by atoms with Crippen molar-refractivity contribution in [3.8, 4) is 0 Å². The maximum atomic E-state index is 12.8. The van der Waals surface area contributed by atoms with E-state index < -0.39 is 24.0 Å². The van der Waals surface area contributed by atoms with Crippen LogP contribution in [0, 0.1) is 0 Å². The van der Waals surface area contributed by atoms with Crippen molar-refractivity contribution < 1.29 is 18.7 Å². The third-order valence-corrected chi connectivity index (χ3v) is 2.03. The SMILES string of the molecule is CC(O[C@@H](C)CNC(=O)OC(C)(C)C)[C@@H](C)F. The summed E-state index contributed by atoms with van der Waals surface area (Å²) in [5.74, 6) is 0. The van der Waals surface area contributed by atoms with Crippen molar-refractivity contribution in [3.63, 3.8) is 0 Å². The zero-order valence-electron chi connectivity index (χ0n) is 11.5. The smallest absolute Gasteiger partial charge is 0.407 e. The first kappa shape index (κ1) is 16.2. The molecule has 4 nitrogen and oxygen atoms in total. The Bertz CT molecular complexity index is 238. The minimum Gasteiger partial charge on any atom is -0.444 e. The molecule has 1 N–H and O–H groups in total. The number of carbonyl (C=O) groups excluding carboxylic acids is 1. The molecule has 0 radical (unpaired) electrons. The average molecular weight is 249 g/mol. The molecule has 102 valence electrons. The van der Waals surface area contributed by atoms with Crippen LogP contribution in [0.4, 0.5) is 9.18 Å². The fourth-order valence-corrected chi connectivity index (χ4v) is 1.06. The number of alkyl halides is 1. The highest BCUT2D eigenvalue weighted by Crippen LogP contribution is 2.07. The van der Waals surface area contributed by atoms with Crippen LogP contribution in [-0.2, 0) is 9.47 Å². The molecule has 0 aliphatic carbocycles. The highest BCUT2D eigenvalue weighted by atomic mass is 19.1. The van der Waals surface area contributed by atoms with Crippen molar-refractivity contribution in [2.45, 2.75) is 65.5 Å². The molecule has 0 spiro atoms. The van der Waals surface area contributed by atoms with Gasteiger partial charge >= 0.3 is 6.09 Å². The monoisotopic (exact) mass is 249 g/mol. The highest BCUT2D eigenvalue weighted by molar-refractivity contribution is 5.67. The summed E-state index contributed by atoms with van der Waals surface area (Å²) < 4.78 is 23.2. The van der Waals surface area contributed by atoms with Gasteiger partial charge in [0.25, 0.3) is 0 Å². The van der Waals surface area contributed by atoms with Crippen LogP contribution < -0.4 is 5.32 Å². The molecule has 1 unspecified atom stereocenters. The van der Waals surface area contributed by atoms with Crippen LogP contribution in [0.2, 0.25) is 0 Å². The van der Waals surface area contributed by atoms with Gasteiger partial charge in [-0.1, -0.05) is 0 Å². The molecule has 0 rings (SSSR count). The van der Waals surface area contributed by atoms with Crippen molar-refractivity contribution in [2.24, 2.45) is 0 Å². The first-order valence-electron chi connectivity index (χ1n) is 5.88. The molecule has 0 bridgehead atoms. The summed E-state index contributed by atoms with van der Waals surface area (Å²) in [5.41, 5.74) is -0.519. The lowest BCUT2D eigenvalue weighted by molar-refractivity contribution is -0.0292. The number of alkyl carbamates (subject to hydrolysis) is 1.